The Morgan fingerprint density at radius 1 is 0.833 bits per heavy atom. The quantitative estimate of drug-likeness (QED) is 0.403. The lowest BCUT2D eigenvalue weighted by Gasteiger charge is -2.23. The van der Waals surface area contributed by atoms with Gasteiger partial charge in [0, 0.05) is 0 Å². The topological polar surface area (TPSA) is 92.7 Å². The van der Waals surface area contributed by atoms with E-state index in [1.807, 2.05) is 60.7 Å². The molecule has 3 rings (SSSR count). The summed E-state index contributed by atoms with van der Waals surface area (Å²) in [5.74, 6) is -0.604. The first-order chi connectivity index (χ1) is 14.4. The molecule has 0 fully saturated rings. The van der Waals surface area contributed by atoms with E-state index >= 15 is 0 Å². The van der Waals surface area contributed by atoms with Crippen LogP contribution in [0.4, 0.5) is 0 Å². The number of ether oxygens (including phenoxy) is 1. The molecule has 0 heterocycles. The fourth-order valence-electron chi connectivity index (χ4n) is 3.05. The third-order valence-electron chi connectivity index (χ3n) is 4.54. The Morgan fingerprint density at radius 3 is 1.87 bits per heavy atom. The molecular formula is C23H23NO5S. The molecule has 3 aromatic carbocycles. The molecule has 0 bridgehead atoms. The normalized spacial score (nSPS) is 13.4. The molecule has 0 radical (unpaired) electrons. The lowest BCUT2D eigenvalue weighted by atomic mass is 10.1. The third kappa shape index (κ3) is 6.25. The second kappa shape index (κ2) is 10.2. The monoisotopic (exact) mass is 425 g/mol. The van der Waals surface area contributed by atoms with Crippen LogP contribution in [0.3, 0.4) is 0 Å². The van der Waals surface area contributed by atoms with Gasteiger partial charge in [0.15, 0.2) is 5.37 Å². The first-order valence-corrected chi connectivity index (χ1v) is 11.0. The van der Waals surface area contributed by atoms with E-state index in [-0.39, 0.29) is 13.0 Å². The predicted molar refractivity (Wildman–Crippen MR) is 114 cm³/mol. The van der Waals surface area contributed by atoms with Crippen LogP contribution in [0.15, 0.2) is 91.0 Å². The molecule has 0 aliphatic heterocycles. The Balaban J connectivity index is 1.83. The Hall–Kier alpha value is -3.00. The van der Waals surface area contributed by atoms with Gasteiger partial charge in [-0.15, -0.1) is 0 Å². The second-order valence-corrected chi connectivity index (χ2v) is 8.31. The van der Waals surface area contributed by atoms with Gasteiger partial charge in [-0.3, -0.25) is 14.7 Å². The zero-order valence-corrected chi connectivity index (χ0v) is 17.0. The van der Waals surface area contributed by atoms with Crippen molar-refractivity contribution in [3.63, 3.8) is 0 Å². The van der Waals surface area contributed by atoms with E-state index in [9.17, 15) is 17.8 Å². The predicted octanol–water partition coefficient (Wildman–Crippen LogP) is 3.52. The first-order valence-electron chi connectivity index (χ1n) is 9.45. The maximum absolute atomic E-state index is 12.9. The van der Waals surface area contributed by atoms with Crippen molar-refractivity contribution in [1.82, 2.24) is 5.32 Å². The van der Waals surface area contributed by atoms with Crippen LogP contribution in [-0.2, 0) is 32.7 Å². The highest BCUT2D eigenvalue weighted by Gasteiger charge is 2.31. The lowest BCUT2D eigenvalue weighted by molar-refractivity contribution is -0.147. The van der Waals surface area contributed by atoms with Gasteiger partial charge in [-0.2, -0.15) is 8.42 Å². The average Bonchev–Trinajstić information content (AvgIpc) is 2.76. The minimum atomic E-state index is -4.52. The first kappa shape index (κ1) is 21.7. The SMILES string of the molecule is O=C(OCc1ccccc1)[C@H](Cc1ccccc1)NC(c1ccccc1)S(=O)(=O)O. The largest absolute Gasteiger partial charge is 0.460 e. The number of benzene rings is 3. The number of rotatable bonds is 9. The highest BCUT2D eigenvalue weighted by atomic mass is 32.2. The minimum Gasteiger partial charge on any atom is -0.460 e. The molecular weight excluding hydrogens is 402 g/mol. The Kier molecular flexibility index (Phi) is 7.35. The minimum absolute atomic E-state index is 0.0640. The number of nitrogens with one attached hydrogen (secondary N) is 1. The van der Waals surface area contributed by atoms with Gasteiger partial charge in [-0.05, 0) is 23.1 Å². The van der Waals surface area contributed by atoms with Crippen molar-refractivity contribution in [3.8, 4) is 0 Å². The summed E-state index contributed by atoms with van der Waals surface area (Å²) < 4.78 is 39.4. The lowest BCUT2D eigenvalue weighted by Crippen LogP contribution is -2.44. The van der Waals surface area contributed by atoms with E-state index in [1.165, 1.54) is 0 Å². The molecule has 0 aromatic heterocycles. The highest BCUT2D eigenvalue weighted by Crippen LogP contribution is 2.20. The molecule has 2 N–H and O–H groups in total. The standard InChI is InChI=1S/C23H23NO5S/c25-23(29-17-19-12-6-2-7-13-19)21(16-18-10-4-1-5-11-18)24-22(30(26,27)28)20-14-8-3-9-15-20/h1-15,21-22,24H,16-17H2,(H,26,27,28)/t21-,22?/m0/s1. The van der Waals surface area contributed by atoms with Gasteiger partial charge in [0.25, 0.3) is 10.1 Å². The molecule has 30 heavy (non-hydrogen) atoms. The molecule has 0 amide bonds. The smallest absolute Gasteiger partial charge is 0.323 e. The second-order valence-electron chi connectivity index (χ2n) is 6.81. The van der Waals surface area contributed by atoms with Crippen LogP contribution in [0.5, 0.6) is 0 Å². The van der Waals surface area contributed by atoms with E-state index in [2.05, 4.69) is 5.32 Å². The van der Waals surface area contributed by atoms with Gasteiger partial charge in [0.2, 0.25) is 0 Å². The van der Waals surface area contributed by atoms with E-state index in [0.29, 0.717) is 5.56 Å². The van der Waals surface area contributed by atoms with Crippen LogP contribution in [0.1, 0.15) is 22.1 Å². The molecule has 7 heteroatoms. The van der Waals surface area contributed by atoms with E-state index in [1.54, 1.807) is 30.3 Å². The van der Waals surface area contributed by atoms with Crippen molar-refractivity contribution < 1.29 is 22.5 Å². The number of carbonyl (C=O) groups excluding carboxylic acids is 1. The summed E-state index contributed by atoms with van der Waals surface area (Å²) in [6.45, 7) is 0.0640. The molecule has 0 saturated carbocycles. The van der Waals surface area contributed by atoms with Crippen molar-refractivity contribution >= 4 is 16.1 Å². The average molecular weight is 426 g/mol. The number of esters is 1. The van der Waals surface area contributed by atoms with Crippen LogP contribution in [0.25, 0.3) is 0 Å². The summed E-state index contributed by atoms with van der Waals surface area (Å²) >= 11 is 0. The van der Waals surface area contributed by atoms with Gasteiger partial charge in [-0.25, -0.2) is 0 Å². The van der Waals surface area contributed by atoms with Gasteiger partial charge in [0.05, 0.1) is 0 Å². The van der Waals surface area contributed by atoms with Crippen LogP contribution in [-0.4, -0.2) is 25.0 Å². The van der Waals surface area contributed by atoms with Gasteiger partial charge in [-0.1, -0.05) is 91.0 Å². The van der Waals surface area contributed by atoms with Crippen LogP contribution >= 0.6 is 0 Å². The zero-order chi connectivity index (χ0) is 21.4. The number of carbonyl (C=O) groups is 1. The molecule has 1 unspecified atom stereocenters. The van der Waals surface area contributed by atoms with Crippen LogP contribution in [0, 0.1) is 0 Å². The van der Waals surface area contributed by atoms with Crippen LogP contribution < -0.4 is 5.32 Å². The van der Waals surface area contributed by atoms with Crippen LogP contribution in [0.2, 0.25) is 0 Å². The van der Waals surface area contributed by atoms with Gasteiger partial charge >= 0.3 is 5.97 Å². The van der Waals surface area contributed by atoms with Crippen molar-refractivity contribution in [2.45, 2.75) is 24.4 Å². The van der Waals surface area contributed by atoms with Gasteiger partial charge in [0.1, 0.15) is 12.6 Å². The maximum Gasteiger partial charge on any atom is 0.323 e. The molecule has 0 aliphatic carbocycles. The summed E-state index contributed by atoms with van der Waals surface area (Å²) in [5.41, 5.74) is 1.97. The molecule has 0 aliphatic rings. The van der Waals surface area contributed by atoms with E-state index in [4.69, 9.17) is 4.74 Å². The third-order valence-corrected chi connectivity index (χ3v) is 5.55. The number of hydrogen-bond donors (Lipinski definition) is 2. The van der Waals surface area contributed by atoms with Crippen molar-refractivity contribution in [2.75, 3.05) is 0 Å². The summed E-state index contributed by atoms with van der Waals surface area (Å²) in [4.78, 5) is 12.9. The maximum atomic E-state index is 12.9. The van der Waals surface area contributed by atoms with E-state index in [0.717, 1.165) is 11.1 Å². The summed E-state index contributed by atoms with van der Waals surface area (Å²) in [5, 5.41) is 1.32. The summed E-state index contributed by atoms with van der Waals surface area (Å²) in [7, 11) is -4.52. The van der Waals surface area contributed by atoms with Crippen molar-refractivity contribution in [2.24, 2.45) is 0 Å². The van der Waals surface area contributed by atoms with Gasteiger partial charge < -0.3 is 4.74 Å². The summed E-state index contributed by atoms with van der Waals surface area (Å²) in [6.07, 6.45) is 0.202. The Morgan fingerprint density at radius 2 is 1.33 bits per heavy atom. The molecule has 156 valence electrons. The molecule has 0 saturated heterocycles. The van der Waals surface area contributed by atoms with Crippen molar-refractivity contribution in [1.29, 1.82) is 0 Å². The molecule has 6 nitrogen and oxygen atoms in total. The Bertz CT molecular complexity index is 1040. The highest BCUT2D eigenvalue weighted by molar-refractivity contribution is 7.86. The molecule has 2 atom stereocenters. The molecule has 0 spiro atoms. The number of hydrogen-bond acceptors (Lipinski definition) is 5. The summed E-state index contributed by atoms with van der Waals surface area (Å²) in [6, 6.07) is 25.6. The van der Waals surface area contributed by atoms with E-state index < -0.39 is 27.5 Å². The zero-order valence-electron chi connectivity index (χ0n) is 16.2. The van der Waals surface area contributed by atoms with Crippen molar-refractivity contribution in [3.05, 3.63) is 108 Å². The Labute approximate surface area is 176 Å². The fourth-order valence-corrected chi connectivity index (χ4v) is 3.89. The fraction of sp³-hybridized carbons (Fsp3) is 0.174. The molecule has 3 aromatic rings.